The Morgan fingerprint density at radius 1 is 1.21 bits per heavy atom. The van der Waals surface area contributed by atoms with Gasteiger partial charge >= 0.3 is 0 Å². The number of benzene rings is 1. The summed E-state index contributed by atoms with van der Waals surface area (Å²) in [5, 5.41) is 3.89. The maximum Gasteiger partial charge on any atom is 0.263 e. The number of carbonyl (C=O) groups is 1. The van der Waals surface area contributed by atoms with Crippen LogP contribution in [0.1, 0.15) is 42.8 Å². The Morgan fingerprint density at radius 2 is 1.89 bits per heavy atom. The van der Waals surface area contributed by atoms with Crippen molar-refractivity contribution in [3.05, 3.63) is 56.7 Å². The topological polar surface area (TPSA) is 64.0 Å². The molecule has 3 rings (SSSR count). The van der Waals surface area contributed by atoms with E-state index in [-0.39, 0.29) is 22.8 Å². The molecule has 0 unspecified atom stereocenters. The highest BCUT2D eigenvalue weighted by atomic mass is 32.2. The Bertz CT molecular complexity index is 1050. The number of thioether (sulfide) groups is 1. The molecular formula is C21H25N3O2S2. The molecule has 2 heterocycles. The molecule has 7 heteroatoms. The standard InChI is InChI=1S/C21H25N3O2S2/c1-12(2)24-20(26)17-13(3)14(4)27-19(17)23-21(24)28-15(5)18(25)22-11-16-9-7-6-8-10-16/h6-10,12,15H,11H2,1-5H3,(H,22,25)/t15-/m0/s1. The van der Waals surface area contributed by atoms with E-state index in [9.17, 15) is 9.59 Å². The Hall–Kier alpha value is -2.12. The molecule has 0 saturated carbocycles. The molecule has 2 aromatic heterocycles. The zero-order valence-corrected chi connectivity index (χ0v) is 18.4. The van der Waals surface area contributed by atoms with Gasteiger partial charge in [-0.05, 0) is 45.7 Å². The minimum Gasteiger partial charge on any atom is -0.351 e. The Kier molecular flexibility index (Phi) is 6.25. The number of thiophene rings is 1. The molecule has 1 N–H and O–H groups in total. The molecule has 148 valence electrons. The van der Waals surface area contributed by atoms with Gasteiger partial charge in [0.15, 0.2) is 5.16 Å². The van der Waals surface area contributed by atoms with Gasteiger partial charge in [-0.25, -0.2) is 4.98 Å². The SMILES string of the molecule is Cc1sc2nc(S[C@@H](C)C(=O)NCc3ccccc3)n(C(C)C)c(=O)c2c1C. The van der Waals surface area contributed by atoms with E-state index >= 15 is 0 Å². The second-order valence-electron chi connectivity index (χ2n) is 7.09. The van der Waals surface area contributed by atoms with Crippen LogP contribution in [0.4, 0.5) is 0 Å². The van der Waals surface area contributed by atoms with Crippen molar-refractivity contribution in [1.29, 1.82) is 0 Å². The number of nitrogens with one attached hydrogen (secondary N) is 1. The molecular weight excluding hydrogens is 390 g/mol. The number of hydrogen-bond acceptors (Lipinski definition) is 5. The van der Waals surface area contributed by atoms with Gasteiger partial charge in [0, 0.05) is 17.5 Å². The molecule has 1 aromatic carbocycles. The molecule has 0 aliphatic rings. The molecule has 0 radical (unpaired) electrons. The number of aryl methyl sites for hydroxylation is 2. The van der Waals surface area contributed by atoms with Crippen molar-refractivity contribution >= 4 is 39.2 Å². The molecule has 0 spiro atoms. The van der Waals surface area contributed by atoms with Crippen LogP contribution in [0, 0.1) is 13.8 Å². The van der Waals surface area contributed by atoms with Gasteiger partial charge in [-0.1, -0.05) is 42.1 Å². The first-order chi connectivity index (χ1) is 13.3. The predicted molar refractivity (Wildman–Crippen MR) is 117 cm³/mol. The lowest BCUT2D eigenvalue weighted by Crippen LogP contribution is -2.32. The molecule has 28 heavy (non-hydrogen) atoms. The van der Waals surface area contributed by atoms with Gasteiger partial charge in [-0.3, -0.25) is 14.2 Å². The maximum absolute atomic E-state index is 13.1. The smallest absolute Gasteiger partial charge is 0.263 e. The van der Waals surface area contributed by atoms with Crippen LogP contribution in [0.5, 0.6) is 0 Å². The number of nitrogens with zero attached hydrogens (tertiary/aromatic N) is 2. The summed E-state index contributed by atoms with van der Waals surface area (Å²) in [5.41, 5.74) is 2.02. The maximum atomic E-state index is 13.1. The quantitative estimate of drug-likeness (QED) is 0.477. The summed E-state index contributed by atoms with van der Waals surface area (Å²) < 4.78 is 1.70. The first kappa shape index (κ1) is 20.6. The molecule has 1 amide bonds. The summed E-state index contributed by atoms with van der Waals surface area (Å²) in [5.74, 6) is -0.0722. The van der Waals surface area contributed by atoms with Crippen LogP contribution in [0.15, 0.2) is 40.3 Å². The molecule has 3 aromatic rings. The lowest BCUT2D eigenvalue weighted by molar-refractivity contribution is -0.120. The lowest BCUT2D eigenvalue weighted by atomic mass is 10.2. The highest BCUT2D eigenvalue weighted by Gasteiger charge is 2.22. The third-order valence-electron chi connectivity index (χ3n) is 4.68. The van der Waals surface area contributed by atoms with Crippen molar-refractivity contribution < 1.29 is 4.79 Å². The minimum absolute atomic E-state index is 0.0266. The van der Waals surface area contributed by atoms with E-state index in [1.54, 1.807) is 4.57 Å². The predicted octanol–water partition coefficient (Wildman–Crippen LogP) is 4.45. The number of aromatic nitrogens is 2. The normalized spacial score (nSPS) is 12.5. The van der Waals surface area contributed by atoms with Gasteiger partial charge in [-0.15, -0.1) is 11.3 Å². The van der Waals surface area contributed by atoms with Crippen molar-refractivity contribution in [2.75, 3.05) is 0 Å². The lowest BCUT2D eigenvalue weighted by Gasteiger charge is -2.18. The van der Waals surface area contributed by atoms with Crippen LogP contribution in [-0.2, 0) is 11.3 Å². The summed E-state index contributed by atoms with van der Waals surface area (Å²) in [4.78, 5) is 32.3. The van der Waals surface area contributed by atoms with E-state index in [0.29, 0.717) is 17.1 Å². The molecule has 0 bridgehead atoms. The Labute approximate surface area is 173 Å². The van der Waals surface area contributed by atoms with E-state index in [4.69, 9.17) is 4.98 Å². The van der Waals surface area contributed by atoms with Gasteiger partial charge in [0.05, 0.1) is 10.6 Å². The first-order valence-electron chi connectivity index (χ1n) is 9.30. The Balaban J connectivity index is 1.85. The van der Waals surface area contributed by atoms with E-state index in [1.807, 2.05) is 65.0 Å². The fourth-order valence-corrected chi connectivity index (χ4v) is 5.10. The summed E-state index contributed by atoms with van der Waals surface area (Å²) in [6.07, 6.45) is 0. The fourth-order valence-electron chi connectivity index (χ4n) is 2.97. The number of amides is 1. The van der Waals surface area contributed by atoms with E-state index < -0.39 is 0 Å². The van der Waals surface area contributed by atoms with Crippen LogP contribution in [-0.4, -0.2) is 20.7 Å². The van der Waals surface area contributed by atoms with Gasteiger partial charge < -0.3 is 5.32 Å². The monoisotopic (exact) mass is 415 g/mol. The van der Waals surface area contributed by atoms with Gasteiger partial charge in [0.2, 0.25) is 5.91 Å². The minimum atomic E-state index is -0.361. The summed E-state index contributed by atoms with van der Waals surface area (Å²) in [7, 11) is 0. The highest BCUT2D eigenvalue weighted by Crippen LogP contribution is 2.30. The molecule has 0 fully saturated rings. The number of fused-ring (bicyclic) bond motifs is 1. The van der Waals surface area contributed by atoms with Crippen molar-refractivity contribution in [1.82, 2.24) is 14.9 Å². The number of carbonyl (C=O) groups excluding carboxylic acids is 1. The number of rotatable bonds is 6. The summed E-state index contributed by atoms with van der Waals surface area (Å²) >= 11 is 2.86. The molecule has 0 aliphatic carbocycles. The molecule has 0 saturated heterocycles. The third kappa shape index (κ3) is 4.15. The fraction of sp³-hybridized carbons (Fsp3) is 0.381. The zero-order valence-electron chi connectivity index (χ0n) is 16.8. The van der Waals surface area contributed by atoms with Crippen LogP contribution in [0.2, 0.25) is 0 Å². The van der Waals surface area contributed by atoms with E-state index in [0.717, 1.165) is 20.8 Å². The third-order valence-corrected chi connectivity index (χ3v) is 6.85. The second-order valence-corrected chi connectivity index (χ2v) is 9.60. The molecule has 1 atom stereocenters. The number of hydrogen-bond donors (Lipinski definition) is 1. The summed E-state index contributed by atoms with van der Waals surface area (Å²) in [6, 6.07) is 9.77. The van der Waals surface area contributed by atoms with E-state index in [2.05, 4.69) is 5.32 Å². The second kappa shape index (κ2) is 8.49. The Morgan fingerprint density at radius 3 is 2.54 bits per heavy atom. The first-order valence-corrected chi connectivity index (χ1v) is 11.0. The van der Waals surface area contributed by atoms with Crippen LogP contribution >= 0.6 is 23.1 Å². The van der Waals surface area contributed by atoms with Gasteiger partial charge in [0.1, 0.15) is 4.83 Å². The summed E-state index contributed by atoms with van der Waals surface area (Å²) in [6.45, 7) is 10.2. The highest BCUT2D eigenvalue weighted by molar-refractivity contribution is 8.00. The zero-order chi connectivity index (χ0) is 20.4. The average Bonchev–Trinajstić information content (AvgIpc) is 2.94. The van der Waals surface area contributed by atoms with Gasteiger partial charge in [-0.2, -0.15) is 0 Å². The van der Waals surface area contributed by atoms with Crippen LogP contribution in [0.25, 0.3) is 10.2 Å². The van der Waals surface area contributed by atoms with Crippen LogP contribution in [0.3, 0.4) is 0 Å². The molecule has 5 nitrogen and oxygen atoms in total. The van der Waals surface area contributed by atoms with Crippen molar-refractivity contribution in [2.24, 2.45) is 0 Å². The van der Waals surface area contributed by atoms with Crippen molar-refractivity contribution in [3.8, 4) is 0 Å². The van der Waals surface area contributed by atoms with Gasteiger partial charge in [0.25, 0.3) is 5.56 Å². The largest absolute Gasteiger partial charge is 0.351 e. The van der Waals surface area contributed by atoms with Crippen LogP contribution < -0.4 is 10.9 Å². The van der Waals surface area contributed by atoms with E-state index in [1.165, 1.54) is 23.1 Å². The van der Waals surface area contributed by atoms with Crippen molar-refractivity contribution in [3.63, 3.8) is 0 Å². The average molecular weight is 416 g/mol. The van der Waals surface area contributed by atoms with Crippen molar-refractivity contribution in [2.45, 2.75) is 57.6 Å². The molecule has 0 aliphatic heterocycles.